The lowest BCUT2D eigenvalue weighted by Crippen LogP contribution is -1.99. The van der Waals surface area contributed by atoms with Gasteiger partial charge in [0.15, 0.2) is 0 Å². The van der Waals surface area contributed by atoms with Crippen molar-refractivity contribution in [3.05, 3.63) is 18.9 Å². The van der Waals surface area contributed by atoms with E-state index in [-0.39, 0.29) is 0 Å². The highest BCUT2D eigenvalue weighted by Crippen LogP contribution is 1.81. The molecule has 0 amide bonds. The molecule has 2 heteroatoms. The van der Waals surface area contributed by atoms with Crippen LogP contribution < -0.4 is 0 Å². The molecule has 0 aliphatic rings. The van der Waals surface area contributed by atoms with Crippen LogP contribution in [0, 0.1) is 6.61 Å². The number of rotatable bonds is 3. The number of hydrogen-bond acceptors (Lipinski definition) is 2. The summed E-state index contributed by atoms with van der Waals surface area (Å²) in [4.78, 5) is 1.94. The van der Waals surface area contributed by atoms with Gasteiger partial charge in [0.2, 0.25) is 0 Å². The van der Waals surface area contributed by atoms with Crippen molar-refractivity contribution in [3.8, 4) is 0 Å². The molecule has 0 unspecified atom stereocenters. The molecular formula is C6H12NO. The molecular weight excluding hydrogens is 102 g/mol. The van der Waals surface area contributed by atoms with Crippen LogP contribution in [0.15, 0.2) is 12.3 Å². The summed E-state index contributed by atoms with van der Waals surface area (Å²) in [5.74, 6) is 0. The van der Waals surface area contributed by atoms with Crippen LogP contribution in [0.3, 0.4) is 0 Å². The third-order valence-corrected chi connectivity index (χ3v) is 0.599. The maximum Gasteiger partial charge on any atom is 0.107 e. The van der Waals surface area contributed by atoms with E-state index in [1.807, 2.05) is 31.3 Å². The highest BCUT2D eigenvalue weighted by atomic mass is 16.5. The Morgan fingerprint density at radius 3 is 2.38 bits per heavy atom. The topological polar surface area (TPSA) is 12.5 Å². The Hall–Kier alpha value is -0.500. The minimum Gasteiger partial charge on any atom is -0.384 e. The number of ether oxygens (including phenoxy) is 1. The van der Waals surface area contributed by atoms with Gasteiger partial charge in [-0.25, -0.2) is 0 Å². The van der Waals surface area contributed by atoms with Gasteiger partial charge in [-0.15, -0.1) is 0 Å². The fraction of sp³-hybridized carbons (Fsp3) is 0.500. The van der Waals surface area contributed by atoms with E-state index in [4.69, 9.17) is 0 Å². The predicted octanol–water partition coefficient (Wildman–Crippen LogP) is 0.870. The Bertz CT molecular complexity index is 68.9. The Kier molecular flexibility index (Phi) is 4.36. The first kappa shape index (κ1) is 7.50. The van der Waals surface area contributed by atoms with Crippen molar-refractivity contribution >= 4 is 0 Å². The quantitative estimate of drug-likeness (QED) is 0.539. The Labute approximate surface area is 50.7 Å². The summed E-state index contributed by atoms with van der Waals surface area (Å²) >= 11 is 0. The zero-order valence-corrected chi connectivity index (χ0v) is 5.59. The molecule has 0 atom stereocenters. The molecule has 0 N–H and O–H groups in total. The maximum atomic E-state index is 4.65. The molecule has 0 bridgehead atoms. The second kappa shape index (κ2) is 4.65. The number of methoxy groups -OCH3 is 1. The molecule has 0 aliphatic heterocycles. The summed E-state index contributed by atoms with van der Waals surface area (Å²) in [5, 5.41) is 0. The van der Waals surface area contributed by atoms with Crippen molar-refractivity contribution in [2.45, 2.75) is 0 Å². The van der Waals surface area contributed by atoms with Crippen LogP contribution in [0.4, 0.5) is 0 Å². The molecule has 0 aromatic heterocycles. The lowest BCUT2D eigenvalue weighted by Gasteiger charge is -2.01. The van der Waals surface area contributed by atoms with E-state index in [9.17, 15) is 0 Å². The minimum absolute atomic E-state index is 1.62. The van der Waals surface area contributed by atoms with Gasteiger partial charge in [-0.2, -0.15) is 0 Å². The van der Waals surface area contributed by atoms with Crippen LogP contribution in [-0.2, 0) is 4.74 Å². The molecule has 0 aromatic rings. The van der Waals surface area contributed by atoms with E-state index < -0.39 is 0 Å². The van der Waals surface area contributed by atoms with E-state index in [1.54, 1.807) is 13.7 Å². The second-order valence-electron chi connectivity index (χ2n) is 1.68. The van der Waals surface area contributed by atoms with Gasteiger partial charge in [0, 0.05) is 21.2 Å². The smallest absolute Gasteiger partial charge is 0.107 e. The first-order valence-electron chi connectivity index (χ1n) is 2.46. The minimum atomic E-state index is 1.62. The summed E-state index contributed by atoms with van der Waals surface area (Å²) in [6.07, 6.45) is 3.74. The molecule has 0 aliphatic carbocycles. The van der Waals surface area contributed by atoms with Crippen LogP contribution in [-0.4, -0.2) is 26.1 Å². The molecule has 0 saturated carbocycles. The van der Waals surface area contributed by atoms with Gasteiger partial charge in [-0.1, -0.05) is 0 Å². The Morgan fingerprint density at radius 2 is 2.00 bits per heavy atom. The first-order valence-corrected chi connectivity index (χ1v) is 2.46. The van der Waals surface area contributed by atoms with E-state index in [2.05, 4.69) is 4.74 Å². The fourth-order valence-corrected chi connectivity index (χ4v) is 0.286. The standard InChI is InChI=1S/C6H12NO/c1-7(2)5-4-6-8-3/h4-6H,1-3H3/b5-4+. The highest BCUT2D eigenvalue weighted by Gasteiger charge is 1.73. The third-order valence-electron chi connectivity index (χ3n) is 0.599. The molecule has 0 saturated heterocycles. The van der Waals surface area contributed by atoms with Gasteiger partial charge in [-0.3, -0.25) is 0 Å². The van der Waals surface area contributed by atoms with Crippen molar-refractivity contribution in [2.75, 3.05) is 21.2 Å². The SMILES string of the molecule is CO[CH]/C=C/N(C)C. The molecule has 0 spiro atoms. The van der Waals surface area contributed by atoms with E-state index >= 15 is 0 Å². The molecule has 8 heavy (non-hydrogen) atoms. The average Bonchev–Trinajstić information content (AvgIpc) is 1.66. The lowest BCUT2D eigenvalue weighted by molar-refractivity contribution is 0.295. The first-order chi connectivity index (χ1) is 3.77. The summed E-state index contributed by atoms with van der Waals surface area (Å²) in [6.45, 7) is 1.62. The van der Waals surface area contributed by atoms with Crippen molar-refractivity contribution < 1.29 is 4.74 Å². The van der Waals surface area contributed by atoms with Gasteiger partial charge in [0.1, 0.15) is 6.61 Å². The molecule has 2 nitrogen and oxygen atoms in total. The summed E-state index contributed by atoms with van der Waals surface area (Å²) in [6, 6.07) is 0. The van der Waals surface area contributed by atoms with Crippen molar-refractivity contribution in [3.63, 3.8) is 0 Å². The van der Waals surface area contributed by atoms with Crippen LogP contribution in [0.2, 0.25) is 0 Å². The van der Waals surface area contributed by atoms with E-state index in [0.717, 1.165) is 0 Å². The monoisotopic (exact) mass is 114 g/mol. The zero-order chi connectivity index (χ0) is 6.41. The molecule has 0 fully saturated rings. The van der Waals surface area contributed by atoms with Crippen LogP contribution in [0.5, 0.6) is 0 Å². The normalized spacial score (nSPS) is 10.4. The predicted molar refractivity (Wildman–Crippen MR) is 34.1 cm³/mol. The Balaban J connectivity index is 3.07. The van der Waals surface area contributed by atoms with E-state index in [0.29, 0.717) is 0 Å². The molecule has 0 heterocycles. The van der Waals surface area contributed by atoms with Gasteiger partial charge in [-0.05, 0) is 12.3 Å². The lowest BCUT2D eigenvalue weighted by atomic mass is 10.6. The van der Waals surface area contributed by atoms with Crippen molar-refractivity contribution in [1.82, 2.24) is 4.90 Å². The molecule has 47 valence electrons. The molecule has 1 radical (unpaired) electrons. The van der Waals surface area contributed by atoms with Gasteiger partial charge >= 0.3 is 0 Å². The summed E-state index contributed by atoms with van der Waals surface area (Å²) in [7, 11) is 5.54. The van der Waals surface area contributed by atoms with E-state index in [1.165, 1.54) is 0 Å². The molecule has 0 aromatic carbocycles. The molecule has 0 rings (SSSR count). The van der Waals surface area contributed by atoms with Crippen LogP contribution in [0.25, 0.3) is 0 Å². The van der Waals surface area contributed by atoms with Crippen molar-refractivity contribution in [1.29, 1.82) is 0 Å². The third kappa shape index (κ3) is 5.50. The number of hydrogen-bond donors (Lipinski definition) is 0. The maximum absolute atomic E-state index is 4.65. The zero-order valence-electron chi connectivity index (χ0n) is 5.59. The average molecular weight is 114 g/mol. The summed E-state index contributed by atoms with van der Waals surface area (Å²) < 4.78 is 4.65. The highest BCUT2D eigenvalue weighted by molar-refractivity contribution is 4.86. The Morgan fingerprint density at radius 1 is 1.38 bits per heavy atom. The fourth-order valence-electron chi connectivity index (χ4n) is 0.286. The second-order valence-corrected chi connectivity index (χ2v) is 1.68. The van der Waals surface area contributed by atoms with Crippen LogP contribution in [0.1, 0.15) is 0 Å². The number of nitrogens with zero attached hydrogens (tertiary/aromatic N) is 1. The van der Waals surface area contributed by atoms with Crippen LogP contribution >= 0.6 is 0 Å². The van der Waals surface area contributed by atoms with Gasteiger partial charge in [0.25, 0.3) is 0 Å². The van der Waals surface area contributed by atoms with Gasteiger partial charge in [0.05, 0.1) is 0 Å². The summed E-state index contributed by atoms with van der Waals surface area (Å²) in [5.41, 5.74) is 0. The van der Waals surface area contributed by atoms with Crippen molar-refractivity contribution in [2.24, 2.45) is 0 Å². The van der Waals surface area contributed by atoms with Gasteiger partial charge < -0.3 is 9.64 Å². The largest absolute Gasteiger partial charge is 0.384 e.